The molecule has 0 amide bonds. The molecule has 6 aromatic carbocycles. The van der Waals surface area contributed by atoms with Crippen LogP contribution in [0.1, 0.15) is 0 Å². The molecule has 0 bridgehead atoms. The Bertz CT molecular complexity index is 2180. The summed E-state index contributed by atoms with van der Waals surface area (Å²) in [5.74, 6) is 0. The van der Waals surface area contributed by atoms with Crippen LogP contribution in [0.5, 0.6) is 0 Å². The second-order valence-electron chi connectivity index (χ2n) is 10.1. The molecule has 0 N–H and O–H groups in total. The molecule has 0 aliphatic carbocycles. The molecule has 2 heterocycles. The number of fused-ring (bicyclic) bond motifs is 7. The van der Waals surface area contributed by atoms with Crippen LogP contribution in [0.25, 0.3) is 66.1 Å². The lowest BCUT2D eigenvalue weighted by molar-refractivity contribution is 1.15. The average molecular weight is 494 g/mol. The van der Waals surface area contributed by atoms with Crippen molar-refractivity contribution in [1.82, 2.24) is 9.13 Å². The zero-order valence-corrected chi connectivity index (χ0v) is 21.3. The van der Waals surface area contributed by atoms with Gasteiger partial charge in [-0.15, -0.1) is 0 Å². The van der Waals surface area contributed by atoms with E-state index in [1.54, 1.807) is 0 Å². The number of benzene rings is 6. The Morgan fingerprint density at radius 3 is 1.51 bits per heavy atom. The fourth-order valence-electron chi connectivity index (χ4n) is 6.16. The lowest BCUT2D eigenvalue weighted by Crippen LogP contribution is -2.05. The maximum Gasteiger partial charge on any atom is 0.113 e. The maximum atomic E-state index is 6.30. The van der Waals surface area contributed by atoms with Crippen molar-refractivity contribution < 1.29 is 0 Å². The molecule has 0 saturated carbocycles. The fraction of sp³-hybridized carbons (Fsp3) is 0. The molecule has 39 heavy (non-hydrogen) atoms. The molecule has 8 aromatic rings. The summed E-state index contributed by atoms with van der Waals surface area (Å²) in [6.45, 7) is 0. The summed E-state index contributed by atoms with van der Waals surface area (Å²) in [6.07, 6.45) is 0. The Labute approximate surface area is 227 Å². The number of nitrogens with zero attached hydrogens (tertiary/aromatic N) is 2. The minimum atomic E-state index is 0.752. The lowest BCUT2D eigenvalue weighted by atomic mass is 9.96. The van der Waals surface area contributed by atoms with Gasteiger partial charge in [-0.3, -0.25) is 0 Å². The minimum Gasteiger partial charge on any atom is -0.307 e. The second kappa shape index (κ2) is 8.51. The summed E-state index contributed by atoms with van der Waals surface area (Å²) in [5, 5.41) is 4.93. The molecule has 0 unspecified atom stereocenters. The first-order valence-electron chi connectivity index (χ1n) is 13.2. The van der Waals surface area contributed by atoms with Gasteiger partial charge >= 0.3 is 0 Å². The largest absolute Gasteiger partial charge is 0.307 e. The Balaban J connectivity index is 1.57. The van der Waals surface area contributed by atoms with Gasteiger partial charge in [0, 0.05) is 32.9 Å². The van der Waals surface area contributed by atoms with E-state index in [4.69, 9.17) is 7.85 Å². The number of hydrogen-bond donors (Lipinski definition) is 0. The van der Waals surface area contributed by atoms with Crippen molar-refractivity contribution >= 4 is 56.9 Å². The molecule has 2 nitrogen and oxygen atoms in total. The third-order valence-electron chi connectivity index (χ3n) is 7.81. The van der Waals surface area contributed by atoms with Crippen LogP contribution in [0.2, 0.25) is 0 Å². The summed E-state index contributed by atoms with van der Waals surface area (Å²) in [4.78, 5) is 0. The summed E-state index contributed by atoms with van der Waals surface area (Å²) in [5.41, 5.74) is 10.1. The van der Waals surface area contributed by atoms with Gasteiger partial charge in [0.25, 0.3) is 0 Å². The van der Waals surface area contributed by atoms with Gasteiger partial charge in [0.15, 0.2) is 0 Å². The second-order valence-corrected chi connectivity index (χ2v) is 10.1. The van der Waals surface area contributed by atoms with E-state index in [-0.39, 0.29) is 0 Å². The van der Waals surface area contributed by atoms with E-state index >= 15 is 0 Å². The Morgan fingerprint density at radius 1 is 0.385 bits per heavy atom. The van der Waals surface area contributed by atoms with Crippen LogP contribution >= 0.6 is 0 Å². The van der Waals surface area contributed by atoms with Gasteiger partial charge in [-0.25, -0.2) is 0 Å². The predicted octanol–water partition coefficient (Wildman–Crippen LogP) is 8.34. The highest BCUT2D eigenvalue weighted by Crippen LogP contribution is 2.41. The third-order valence-corrected chi connectivity index (χ3v) is 7.81. The molecule has 0 fully saturated rings. The van der Waals surface area contributed by atoms with Gasteiger partial charge in [0.1, 0.15) is 7.85 Å². The lowest BCUT2D eigenvalue weighted by Gasteiger charge is -2.14. The normalized spacial score (nSPS) is 11.7. The molecule has 0 saturated heterocycles. The summed E-state index contributed by atoms with van der Waals surface area (Å²) in [6, 6.07) is 49.5. The van der Waals surface area contributed by atoms with Crippen LogP contribution in [-0.2, 0) is 0 Å². The fourth-order valence-corrected chi connectivity index (χ4v) is 6.16. The van der Waals surface area contributed by atoms with E-state index < -0.39 is 0 Å². The SMILES string of the molecule is [B]c1cccc(-n2c3ccccc3c3ccc4c5ccccc5n(-c5cccc(-c6ccccc6)c5)c4c32)c1. The first kappa shape index (κ1) is 22.0. The molecule has 0 spiro atoms. The van der Waals surface area contributed by atoms with E-state index in [9.17, 15) is 0 Å². The first-order chi connectivity index (χ1) is 19.3. The highest BCUT2D eigenvalue weighted by atomic mass is 15.0. The number of rotatable bonds is 3. The Hall–Kier alpha value is -5.02. The van der Waals surface area contributed by atoms with Crippen molar-refractivity contribution in [1.29, 1.82) is 0 Å². The third kappa shape index (κ3) is 3.30. The van der Waals surface area contributed by atoms with Gasteiger partial charge in [-0.1, -0.05) is 109 Å². The number of hydrogen-bond acceptors (Lipinski definition) is 0. The van der Waals surface area contributed by atoms with Crippen LogP contribution in [0, 0.1) is 0 Å². The van der Waals surface area contributed by atoms with Crippen molar-refractivity contribution in [2.24, 2.45) is 0 Å². The number of para-hydroxylation sites is 2. The minimum absolute atomic E-state index is 0.752. The van der Waals surface area contributed by atoms with Crippen molar-refractivity contribution in [3.8, 4) is 22.5 Å². The van der Waals surface area contributed by atoms with E-state index in [1.165, 1.54) is 54.7 Å². The monoisotopic (exact) mass is 494 g/mol. The molecular weight excluding hydrogens is 471 g/mol. The highest BCUT2D eigenvalue weighted by molar-refractivity contribution is 6.32. The predicted molar refractivity (Wildman–Crippen MR) is 166 cm³/mol. The quantitative estimate of drug-likeness (QED) is 0.219. The molecule has 8 rings (SSSR count). The highest BCUT2D eigenvalue weighted by Gasteiger charge is 2.21. The van der Waals surface area contributed by atoms with Gasteiger partial charge < -0.3 is 9.13 Å². The Kier molecular flexibility index (Phi) is 4.80. The smallest absolute Gasteiger partial charge is 0.113 e. The molecule has 0 aliphatic rings. The average Bonchev–Trinajstić information content (AvgIpc) is 3.51. The summed E-state index contributed by atoms with van der Waals surface area (Å²) in [7, 11) is 6.30. The van der Waals surface area contributed by atoms with Crippen LogP contribution in [-0.4, -0.2) is 17.0 Å². The Morgan fingerprint density at radius 2 is 0.897 bits per heavy atom. The molecular formula is C36H23BN2. The van der Waals surface area contributed by atoms with Crippen molar-refractivity contribution in [3.05, 3.63) is 140 Å². The molecule has 2 aromatic heterocycles. The first-order valence-corrected chi connectivity index (χ1v) is 13.2. The van der Waals surface area contributed by atoms with Gasteiger partial charge in [0.2, 0.25) is 0 Å². The van der Waals surface area contributed by atoms with Gasteiger partial charge in [-0.05, 0) is 47.5 Å². The summed E-state index contributed by atoms with van der Waals surface area (Å²) < 4.78 is 4.81. The summed E-state index contributed by atoms with van der Waals surface area (Å²) >= 11 is 0. The van der Waals surface area contributed by atoms with Crippen LogP contribution < -0.4 is 5.46 Å². The topological polar surface area (TPSA) is 9.86 Å². The molecule has 0 atom stereocenters. The van der Waals surface area contributed by atoms with Gasteiger partial charge in [-0.2, -0.15) is 0 Å². The van der Waals surface area contributed by atoms with Crippen molar-refractivity contribution in [2.45, 2.75) is 0 Å². The van der Waals surface area contributed by atoms with Gasteiger partial charge in [0.05, 0.1) is 22.1 Å². The van der Waals surface area contributed by atoms with E-state index in [0.29, 0.717) is 0 Å². The van der Waals surface area contributed by atoms with E-state index in [2.05, 4.69) is 137 Å². The van der Waals surface area contributed by atoms with E-state index in [0.717, 1.165) is 16.8 Å². The zero-order chi connectivity index (χ0) is 25.9. The van der Waals surface area contributed by atoms with Crippen LogP contribution in [0.4, 0.5) is 0 Å². The standard InChI is InChI=1S/C36H23BN2/c37-26-13-9-15-28(23-26)39-34-19-7-5-17-30(34)32-21-20-31-29-16-4-6-18-33(29)38(35(31)36(32)39)27-14-8-12-25(22-27)24-10-2-1-3-11-24/h1-23H. The van der Waals surface area contributed by atoms with Crippen LogP contribution in [0.3, 0.4) is 0 Å². The molecule has 180 valence electrons. The van der Waals surface area contributed by atoms with Crippen molar-refractivity contribution in [2.75, 3.05) is 0 Å². The maximum absolute atomic E-state index is 6.30. The zero-order valence-electron chi connectivity index (χ0n) is 21.3. The van der Waals surface area contributed by atoms with E-state index in [1.807, 2.05) is 12.1 Å². The number of aromatic nitrogens is 2. The molecule has 2 radical (unpaired) electrons. The molecule has 3 heteroatoms. The van der Waals surface area contributed by atoms with Crippen molar-refractivity contribution in [3.63, 3.8) is 0 Å². The molecule has 0 aliphatic heterocycles. The van der Waals surface area contributed by atoms with Crippen LogP contribution in [0.15, 0.2) is 140 Å².